The summed E-state index contributed by atoms with van der Waals surface area (Å²) in [6, 6.07) is 1.64. The van der Waals surface area contributed by atoms with Crippen molar-refractivity contribution in [1.29, 1.82) is 0 Å². The van der Waals surface area contributed by atoms with E-state index in [1.807, 2.05) is 0 Å². The minimum atomic E-state index is -0.111. The second-order valence-electron chi connectivity index (χ2n) is 2.71. The maximum atomic E-state index is 11.8. The number of aromatic nitrogens is 3. The van der Waals surface area contributed by atoms with Gasteiger partial charge in [-0.25, -0.2) is 4.68 Å². The number of aryl methyl sites for hydroxylation is 1. The van der Waals surface area contributed by atoms with Crippen LogP contribution in [0.5, 0.6) is 0 Å². The Kier molecular flexibility index (Phi) is 2.35. The summed E-state index contributed by atoms with van der Waals surface area (Å²) < 4.78 is 2.04. The van der Waals surface area contributed by atoms with E-state index in [1.165, 1.54) is 22.2 Å². The molecule has 0 N–H and O–H groups in total. The molecule has 0 amide bonds. The predicted octanol–water partition coefficient (Wildman–Crippen LogP) is 1.76. The zero-order chi connectivity index (χ0) is 10.1. The molecular weight excluding hydrogens is 222 g/mol. The van der Waals surface area contributed by atoms with Gasteiger partial charge in [0.25, 0.3) is 0 Å². The van der Waals surface area contributed by atoms with Gasteiger partial charge in [-0.05, 0) is 6.07 Å². The summed E-state index contributed by atoms with van der Waals surface area (Å²) in [5, 5.41) is 9.04. The molecule has 0 fully saturated rings. The molecular formula is C8H6ClN3OS. The first-order valence-electron chi connectivity index (χ1n) is 3.82. The lowest BCUT2D eigenvalue weighted by atomic mass is 10.2. The van der Waals surface area contributed by atoms with Crippen molar-refractivity contribution < 1.29 is 4.79 Å². The number of thiophene rings is 1. The standard InChI is InChI=1S/C8H6ClN3OS/c1-12-6(3-10-11-12)8(13)5-2-7(9)14-4-5/h2-4H,1H3. The molecule has 0 radical (unpaired) electrons. The molecule has 0 spiro atoms. The van der Waals surface area contributed by atoms with Crippen molar-refractivity contribution in [3.05, 3.63) is 33.2 Å². The number of ketones is 1. The minimum Gasteiger partial charge on any atom is -0.287 e. The molecule has 14 heavy (non-hydrogen) atoms. The highest BCUT2D eigenvalue weighted by Gasteiger charge is 2.14. The second-order valence-corrected chi connectivity index (χ2v) is 4.25. The van der Waals surface area contributed by atoms with E-state index in [2.05, 4.69) is 10.3 Å². The smallest absolute Gasteiger partial charge is 0.213 e. The molecule has 2 aromatic rings. The van der Waals surface area contributed by atoms with Crippen molar-refractivity contribution in [3.63, 3.8) is 0 Å². The SMILES string of the molecule is Cn1nncc1C(=O)c1csc(Cl)c1. The van der Waals surface area contributed by atoms with Gasteiger partial charge in [-0.3, -0.25) is 4.79 Å². The molecule has 2 aromatic heterocycles. The van der Waals surface area contributed by atoms with Crippen molar-refractivity contribution in [3.8, 4) is 0 Å². The zero-order valence-corrected chi connectivity index (χ0v) is 8.84. The Morgan fingerprint density at radius 1 is 1.64 bits per heavy atom. The quantitative estimate of drug-likeness (QED) is 0.735. The molecule has 0 atom stereocenters. The molecule has 2 heterocycles. The Bertz CT molecular complexity index is 476. The van der Waals surface area contributed by atoms with E-state index in [9.17, 15) is 4.79 Å². The van der Waals surface area contributed by atoms with Crippen LogP contribution in [0.2, 0.25) is 4.34 Å². The molecule has 6 heteroatoms. The van der Waals surface area contributed by atoms with E-state index in [1.54, 1.807) is 18.5 Å². The average Bonchev–Trinajstić information content (AvgIpc) is 2.73. The fraction of sp³-hybridized carbons (Fsp3) is 0.125. The largest absolute Gasteiger partial charge is 0.287 e. The third kappa shape index (κ3) is 1.56. The molecule has 0 saturated carbocycles. The van der Waals surface area contributed by atoms with Gasteiger partial charge in [-0.15, -0.1) is 16.4 Å². The van der Waals surface area contributed by atoms with Crippen LogP contribution in [0.3, 0.4) is 0 Å². The first kappa shape index (κ1) is 9.36. The maximum Gasteiger partial charge on any atom is 0.213 e. The number of carbonyl (C=O) groups is 1. The van der Waals surface area contributed by atoms with Crippen LogP contribution in [-0.2, 0) is 7.05 Å². The number of hydrogen-bond donors (Lipinski definition) is 0. The van der Waals surface area contributed by atoms with Crippen LogP contribution in [0.4, 0.5) is 0 Å². The van der Waals surface area contributed by atoms with Gasteiger partial charge in [0.15, 0.2) is 0 Å². The lowest BCUT2D eigenvalue weighted by molar-refractivity contribution is 0.103. The maximum absolute atomic E-state index is 11.8. The molecule has 0 bridgehead atoms. The normalized spacial score (nSPS) is 10.4. The Balaban J connectivity index is 2.38. The van der Waals surface area contributed by atoms with E-state index < -0.39 is 0 Å². The van der Waals surface area contributed by atoms with Crippen molar-refractivity contribution in [2.45, 2.75) is 0 Å². The predicted molar refractivity (Wildman–Crippen MR) is 53.8 cm³/mol. The highest BCUT2D eigenvalue weighted by atomic mass is 35.5. The highest BCUT2D eigenvalue weighted by molar-refractivity contribution is 7.14. The Morgan fingerprint density at radius 3 is 2.93 bits per heavy atom. The molecule has 2 rings (SSSR count). The molecule has 0 saturated heterocycles. The Labute approximate surface area is 89.1 Å². The van der Waals surface area contributed by atoms with Crippen molar-refractivity contribution in [1.82, 2.24) is 15.0 Å². The first-order valence-corrected chi connectivity index (χ1v) is 5.07. The fourth-order valence-electron chi connectivity index (χ4n) is 1.07. The van der Waals surface area contributed by atoms with Gasteiger partial charge in [0.1, 0.15) is 5.69 Å². The zero-order valence-electron chi connectivity index (χ0n) is 7.27. The number of hydrogen-bond acceptors (Lipinski definition) is 4. The number of nitrogens with zero attached hydrogens (tertiary/aromatic N) is 3. The van der Waals surface area contributed by atoms with E-state index in [0.29, 0.717) is 15.6 Å². The van der Waals surface area contributed by atoms with Gasteiger partial charge in [0, 0.05) is 18.0 Å². The van der Waals surface area contributed by atoms with E-state index in [0.717, 1.165) is 0 Å². The molecule has 0 aliphatic carbocycles. The van der Waals surface area contributed by atoms with Gasteiger partial charge in [-0.1, -0.05) is 16.8 Å². The third-order valence-electron chi connectivity index (χ3n) is 1.78. The highest BCUT2D eigenvalue weighted by Crippen LogP contribution is 2.21. The number of halogens is 1. The van der Waals surface area contributed by atoms with E-state index in [-0.39, 0.29) is 5.78 Å². The molecule has 72 valence electrons. The summed E-state index contributed by atoms with van der Waals surface area (Å²) in [4.78, 5) is 11.8. The van der Waals surface area contributed by atoms with Gasteiger partial charge in [0.2, 0.25) is 5.78 Å². The molecule has 0 aromatic carbocycles. The van der Waals surface area contributed by atoms with Crippen LogP contribution in [0.25, 0.3) is 0 Å². The summed E-state index contributed by atoms with van der Waals surface area (Å²) in [6.07, 6.45) is 1.44. The third-order valence-corrected chi connectivity index (χ3v) is 2.87. The van der Waals surface area contributed by atoms with Crippen molar-refractivity contribution >= 4 is 28.7 Å². The topological polar surface area (TPSA) is 47.8 Å². The monoisotopic (exact) mass is 227 g/mol. The molecule has 4 nitrogen and oxygen atoms in total. The number of rotatable bonds is 2. The molecule has 0 aliphatic heterocycles. The van der Waals surface area contributed by atoms with Crippen molar-refractivity contribution in [2.75, 3.05) is 0 Å². The van der Waals surface area contributed by atoms with Crippen LogP contribution in [0.15, 0.2) is 17.6 Å². The Hall–Kier alpha value is -1.20. The second kappa shape index (κ2) is 3.51. The van der Waals surface area contributed by atoms with Gasteiger partial charge in [-0.2, -0.15) is 0 Å². The van der Waals surface area contributed by atoms with Crippen LogP contribution in [-0.4, -0.2) is 20.8 Å². The summed E-state index contributed by atoms with van der Waals surface area (Å²) in [7, 11) is 1.67. The lowest BCUT2D eigenvalue weighted by Gasteiger charge is -1.95. The minimum absolute atomic E-state index is 0.111. The van der Waals surface area contributed by atoms with Crippen molar-refractivity contribution in [2.24, 2.45) is 7.05 Å². The van der Waals surface area contributed by atoms with E-state index in [4.69, 9.17) is 11.6 Å². The first-order chi connectivity index (χ1) is 6.68. The van der Waals surface area contributed by atoms with E-state index >= 15 is 0 Å². The van der Waals surface area contributed by atoms with Crippen LogP contribution >= 0.6 is 22.9 Å². The summed E-state index contributed by atoms with van der Waals surface area (Å²) in [5.74, 6) is -0.111. The van der Waals surface area contributed by atoms with Crippen LogP contribution in [0.1, 0.15) is 16.1 Å². The van der Waals surface area contributed by atoms with Gasteiger partial charge < -0.3 is 0 Å². The van der Waals surface area contributed by atoms with Crippen LogP contribution < -0.4 is 0 Å². The number of carbonyl (C=O) groups excluding carboxylic acids is 1. The summed E-state index contributed by atoms with van der Waals surface area (Å²) >= 11 is 7.06. The summed E-state index contributed by atoms with van der Waals surface area (Å²) in [6.45, 7) is 0. The lowest BCUT2D eigenvalue weighted by Crippen LogP contribution is -2.06. The van der Waals surface area contributed by atoms with Gasteiger partial charge >= 0.3 is 0 Å². The summed E-state index contributed by atoms with van der Waals surface area (Å²) in [5.41, 5.74) is 1.03. The fourth-order valence-corrected chi connectivity index (χ4v) is 1.93. The van der Waals surface area contributed by atoms with Crippen LogP contribution in [0, 0.1) is 0 Å². The Morgan fingerprint density at radius 2 is 2.43 bits per heavy atom. The average molecular weight is 228 g/mol. The molecule has 0 unspecified atom stereocenters. The van der Waals surface area contributed by atoms with Gasteiger partial charge in [0.05, 0.1) is 10.5 Å². The molecule has 0 aliphatic rings.